The Balaban J connectivity index is 1.97. The number of aromatic nitrogens is 2. The Bertz CT molecular complexity index is 297. The molecule has 0 saturated carbocycles. The molecule has 78 valence electrons. The summed E-state index contributed by atoms with van der Waals surface area (Å²) in [6.07, 6.45) is 3.77. The van der Waals surface area contributed by atoms with E-state index < -0.39 is 0 Å². The molecule has 2 rings (SSSR count). The van der Waals surface area contributed by atoms with Gasteiger partial charge in [-0.25, -0.2) is 4.98 Å². The monoisotopic (exact) mass is 194 g/mol. The maximum Gasteiger partial charge on any atom is 0.0945 e. The number of hydrogen-bond acceptors (Lipinski definition) is 3. The molecule has 0 aliphatic carbocycles. The highest BCUT2D eigenvalue weighted by atomic mass is 15.2. The lowest BCUT2D eigenvalue weighted by molar-refractivity contribution is 0.311. The maximum absolute atomic E-state index is 5.97. The maximum atomic E-state index is 5.97. The van der Waals surface area contributed by atoms with Crippen LogP contribution in [-0.4, -0.2) is 33.6 Å². The molecule has 0 spiro atoms. The summed E-state index contributed by atoms with van der Waals surface area (Å²) in [6, 6.07) is 0.336. The third kappa shape index (κ3) is 1.81. The molecule has 0 aromatic carbocycles. The summed E-state index contributed by atoms with van der Waals surface area (Å²) in [7, 11) is 2.03. The summed E-state index contributed by atoms with van der Waals surface area (Å²) in [5.74, 6) is 0.614. The van der Waals surface area contributed by atoms with E-state index in [0.29, 0.717) is 12.0 Å². The van der Waals surface area contributed by atoms with Crippen molar-refractivity contribution in [2.24, 2.45) is 18.7 Å². The first-order chi connectivity index (χ1) is 6.66. The Kier molecular flexibility index (Phi) is 2.56. The van der Waals surface area contributed by atoms with Crippen molar-refractivity contribution < 1.29 is 0 Å². The Hall–Kier alpha value is -0.870. The molecule has 2 N–H and O–H groups in total. The highest BCUT2D eigenvalue weighted by molar-refractivity contribution is 4.99. The quantitative estimate of drug-likeness (QED) is 0.731. The molecule has 1 aromatic rings. The van der Waals surface area contributed by atoms with Crippen molar-refractivity contribution in [3.8, 4) is 0 Å². The minimum absolute atomic E-state index is 0.336. The van der Waals surface area contributed by atoms with Crippen molar-refractivity contribution in [2.75, 3.05) is 13.1 Å². The van der Waals surface area contributed by atoms with Gasteiger partial charge in [0.1, 0.15) is 0 Å². The number of nitrogens with zero attached hydrogens (tertiary/aromatic N) is 3. The van der Waals surface area contributed by atoms with E-state index in [-0.39, 0.29) is 0 Å². The van der Waals surface area contributed by atoms with Gasteiger partial charge in [-0.2, -0.15) is 0 Å². The van der Waals surface area contributed by atoms with Gasteiger partial charge in [0, 0.05) is 38.9 Å². The van der Waals surface area contributed by atoms with Crippen LogP contribution in [0.1, 0.15) is 12.6 Å². The van der Waals surface area contributed by atoms with Crippen LogP contribution >= 0.6 is 0 Å². The molecule has 4 nitrogen and oxygen atoms in total. The smallest absolute Gasteiger partial charge is 0.0945 e. The fraction of sp³-hybridized carbons (Fsp3) is 0.700. The molecule has 1 aliphatic rings. The van der Waals surface area contributed by atoms with E-state index in [0.717, 1.165) is 19.6 Å². The molecular formula is C10H18N4. The van der Waals surface area contributed by atoms with E-state index in [1.807, 2.05) is 19.6 Å². The van der Waals surface area contributed by atoms with E-state index in [4.69, 9.17) is 5.73 Å². The SMILES string of the molecule is CC1CN(Cc2cncn2C)CC1N. The van der Waals surface area contributed by atoms with E-state index in [9.17, 15) is 0 Å². The number of likely N-dealkylation sites (tertiary alicyclic amines) is 1. The first-order valence-corrected chi connectivity index (χ1v) is 5.10. The zero-order valence-corrected chi connectivity index (χ0v) is 8.85. The van der Waals surface area contributed by atoms with Gasteiger partial charge in [-0.1, -0.05) is 6.92 Å². The lowest BCUT2D eigenvalue weighted by atomic mass is 10.1. The van der Waals surface area contributed by atoms with E-state index >= 15 is 0 Å². The summed E-state index contributed by atoms with van der Waals surface area (Å²) in [5, 5.41) is 0. The third-order valence-electron chi connectivity index (χ3n) is 3.05. The largest absolute Gasteiger partial charge is 0.337 e. The van der Waals surface area contributed by atoms with Gasteiger partial charge < -0.3 is 10.3 Å². The Morgan fingerprint density at radius 3 is 2.86 bits per heavy atom. The van der Waals surface area contributed by atoms with Crippen LogP contribution in [0.25, 0.3) is 0 Å². The molecule has 4 heteroatoms. The summed E-state index contributed by atoms with van der Waals surface area (Å²) < 4.78 is 2.06. The standard InChI is InChI=1S/C10H18N4/c1-8-4-14(6-10(8)11)5-9-3-12-7-13(9)2/h3,7-8,10H,4-6,11H2,1-2H3. The molecule has 2 atom stereocenters. The molecule has 1 aromatic heterocycles. The van der Waals surface area contributed by atoms with Gasteiger partial charge >= 0.3 is 0 Å². The number of nitrogens with two attached hydrogens (primary N) is 1. The minimum atomic E-state index is 0.336. The van der Waals surface area contributed by atoms with Gasteiger partial charge in [0.2, 0.25) is 0 Å². The van der Waals surface area contributed by atoms with Crippen LogP contribution in [-0.2, 0) is 13.6 Å². The lowest BCUT2D eigenvalue weighted by Crippen LogP contribution is -2.28. The van der Waals surface area contributed by atoms with Crippen LogP contribution in [0.3, 0.4) is 0 Å². The van der Waals surface area contributed by atoms with Gasteiger partial charge in [-0.05, 0) is 5.92 Å². The first-order valence-electron chi connectivity index (χ1n) is 5.10. The fourth-order valence-corrected chi connectivity index (χ4v) is 1.99. The molecule has 1 saturated heterocycles. The summed E-state index contributed by atoms with van der Waals surface area (Å²) >= 11 is 0. The molecule has 14 heavy (non-hydrogen) atoms. The van der Waals surface area contributed by atoms with Gasteiger partial charge in [-0.15, -0.1) is 0 Å². The molecule has 2 heterocycles. The lowest BCUT2D eigenvalue weighted by Gasteiger charge is -2.14. The minimum Gasteiger partial charge on any atom is -0.337 e. The van der Waals surface area contributed by atoms with E-state index in [2.05, 4.69) is 21.4 Å². The highest BCUT2D eigenvalue weighted by Crippen LogP contribution is 2.16. The summed E-state index contributed by atoms with van der Waals surface area (Å²) in [4.78, 5) is 6.50. The molecule has 2 unspecified atom stereocenters. The van der Waals surface area contributed by atoms with Crippen LogP contribution in [0.2, 0.25) is 0 Å². The van der Waals surface area contributed by atoms with Gasteiger partial charge in [0.15, 0.2) is 0 Å². The topological polar surface area (TPSA) is 47.1 Å². The normalized spacial score (nSPS) is 28.5. The van der Waals surface area contributed by atoms with Crippen molar-refractivity contribution >= 4 is 0 Å². The molecular weight excluding hydrogens is 176 g/mol. The molecule has 0 radical (unpaired) electrons. The summed E-state index contributed by atoms with van der Waals surface area (Å²) in [6.45, 7) is 5.29. The second-order valence-corrected chi connectivity index (χ2v) is 4.33. The van der Waals surface area contributed by atoms with Crippen molar-refractivity contribution in [3.05, 3.63) is 18.2 Å². The molecule has 0 amide bonds. The zero-order chi connectivity index (χ0) is 10.1. The van der Waals surface area contributed by atoms with Crippen molar-refractivity contribution in [2.45, 2.75) is 19.5 Å². The average molecular weight is 194 g/mol. The van der Waals surface area contributed by atoms with Gasteiger partial charge in [-0.3, -0.25) is 4.90 Å². The van der Waals surface area contributed by atoms with Crippen molar-refractivity contribution in [1.29, 1.82) is 0 Å². The fourth-order valence-electron chi connectivity index (χ4n) is 1.99. The second kappa shape index (κ2) is 3.71. The number of hydrogen-bond donors (Lipinski definition) is 1. The number of rotatable bonds is 2. The van der Waals surface area contributed by atoms with Gasteiger partial charge in [0.05, 0.1) is 12.0 Å². The highest BCUT2D eigenvalue weighted by Gasteiger charge is 2.26. The predicted octanol–water partition coefficient (Wildman–Crippen LogP) is 0.199. The number of aryl methyl sites for hydroxylation is 1. The van der Waals surface area contributed by atoms with Crippen molar-refractivity contribution in [1.82, 2.24) is 14.5 Å². The van der Waals surface area contributed by atoms with Crippen molar-refractivity contribution in [3.63, 3.8) is 0 Å². The van der Waals surface area contributed by atoms with Crippen LogP contribution in [0, 0.1) is 5.92 Å². The Morgan fingerprint density at radius 2 is 2.36 bits per heavy atom. The summed E-state index contributed by atoms with van der Waals surface area (Å²) in [5.41, 5.74) is 7.23. The predicted molar refractivity (Wildman–Crippen MR) is 55.6 cm³/mol. The Morgan fingerprint density at radius 1 is 1.57 bits per heavy atom. The first kappa shape index (κ1) is 9.68. The van der Waals surface area contributed by atoms with E-state index in [1.54, 1.807) is 0 Å². The van der Waals surface area contributed by atoms with Crippen LogP contribution in [0.4, 0.5) is 0 Å². The molecule has 0 bridgehead atoms. The van der Waals surface area contributed by atoms with Crippen LogP contribution < -0.4 is 5.73 Å². The molecule has 1 aliphatic heterocycles. The number of imidazole rings is 1. The van der Waals surface area contributed by atoms with Gasteiger partial charge in [0.25, 0.3) is 0 Å². The molecule has 1 fully saturated rings. The Labute approximate surface area is 84.7 Å². The second-order valence-electron chi connectivity index (χ2n) is 4.33. The third-order valence-corrected chi connectivity index (χ3v) is 3.05. The zero-order valence-electron chi connectivity index (χ0n) is 8.85. The average Bonchev–Trinajstić information content (AvgIpc) is 2.63. The van der Waals surface area contributed by atoms with E-state index in [1.165, 1.54) is 5.69 Å². The van der Waals surface area contributed by atoms with Crippen LogP contribution in [0.15, 0.2) is 12.5 Å². The van der Waals surface area contributed by atoms with Crippen LogP contribution in [0.5, 0.6) is 0 Å².